The Morgan fingerprint density at radius 1 is 1.03 bits per heavy atom. The number of carbonyl (C=O) groups is 1. The van der Waals surface area contributed by atoms with Crippen LogP contribution in [0.1, 0.15) is 29.1 Å². The molecule has 0 bridgehead atoms. The summed E-state index contributed by atoms with van der Waals surface area (Å²) in [6.45, 7) is 5.39. The zero-order chi connectivity index (χ0) is 24.1. The largest absolute Gasteiger partial charge is 0.495 e. The molecule has 0 saturated carbocycles. The standard InChI is InChI=1S/C26H28ClNO6/c1-4-33-26(17-5-7-19(8-6-17)28-11-13-32-14-12-28)25(29)21-10-9-20(34-21)18-15-22(30-2)24(27)23(16-18)31-3/h5-10,15-16,26H,4,11-14H2,1-3H3. The molecule has 7 nitrogen and oxygen atoms in total. The van der Waals surface area contributed by atoms with E-state index in [4.69, 9.17) is 35.0 Å². The summed E-state index contributed by atoms with van der Waals surface area (Å²) in [4.78, 5) is 15.6. The molecule has 8 heteroatoms. The summed E-state index contributed by atoms with van der Waals surface area (Å²) < 4.78 is 27.9. The topological polar surface area (TPSA) is 70.4 Å². The van der Waals surface area contributed by atoms with Crippen molar-refractivity contribution >= 4 is 23.1 Å². The molecule has 1 aliphatic rings. The van der Waals surface area contributed by atoms with Gasteiger partial charge in [-0.2, -0.15) is 0 Å². The summed E-state index contributed by atoms with van der Waals surface area (Å²) in [5, 5.41) is 0.369. The van der Waals surface area contributed by atoms with Gasteiger partial charge in [-0.15, -0.1) is 0 Å². The summed E-state index contributed by atoms with van der Waals surface area (Å²) in [6, 6.07) is 14.8. The quantitative estimate of drug-likeness (QED) is 0.375. The van der Waals surface area contributed by atoms with E-state index >= 15 is 0 Å². The van der Waals surface area contributed by atoms with Crippen LogP contribution in [0.4, 0.5) is 5.69 Å². The van der Waals surface area contributed by atoms with Crippen LogP contribution >= 0.6 is 11.6 Å². The fourth-order valence-corrected chi connectivity index (χ4v) is 4.20. The second-order valence-corrected chi connectivity index (χ2v) is 8.13. The van der Waals surface area contributed by atoms with Crippen LogP contribution in [0.15, 0.2) is 52.9 Å². The summed E-state index contributed by atoms with van der Waals surface area (Å²) in [5.74, 6) is 1.36. The lowest BCUT2D eigenvalue weighted by atomic mass is 10.0. The number of hydrogen-bond acceptors (Lipinski definition) is 7. The van der Waals surface area contributed by atoms with Crippen molar-refractivity contribution in [3.63, 3.8) is 0 Å². The number of rotatable bonds is 9. The van der Waals surface area contributed by atoms with Gasteiger partial charge in [0.25, 0.3) is 0 Å². The number of benzene rings is 2. The number of morpholine rings is 1. The predicted molar refractivity (Wildman–Crippen MR) is 130 cm³/mol. The third kappa shape index (κ3) is 5.06. The Kier molecular flexibility index (Phi) is 7.77. The van der Waals surface area contributed by atoms with Crippen LogP contribution < -0.4 is 14.4 Å². The number of anilines is 1. The Labute approximate surface area is 204 Å². The highest BCUT2D eigenvalue weighted by Crippen LogP contribution is 2.39. The number of Topliss-reactive ketones (excluding diaryl/α,β-unsaturated/α-hetero) is 1. The van der Waals surface area contributed by atoms with Gasteiger partial charge < -0.3 is 28.3 Å². The number of halogens is 1. The first-order chi connectivity index (χ1) is 16.5. The highest BCUT2D eigenvalue weighted by Gasteiger charge is 2.26. The van der Waals surface area contributed by atoms with Crippen LogP contribution in [0.3, 0.4) is 0 Å². The second kappa shape index (κ2) is 11.0. The molecule has 34 heavy (non-hydrogen) atoms. The van der Waals surface area contributed by atoms with Gasteiger partial charge in [-0.25, -0.2) is 0 Å². The minimum Gasteiger partial charge on any atom is -0.495 e. The molecule has 1 atom stereocenters. The SMILES string of the molecule is CCOC(C(=O)c1ccc(-c2cc(OC)c(Cl)c(OC)c2)o1)c1ccc(N2CCOCC2)cc1. The van der Waals surface area contributed by atoms with Crippen molar-refractivity contribution in [2.45, 2.75) is 13.0 Å². The molecule has 1 aliphatic heterocycles. The molecule has 4 rings (SSSR count). The van der Waals surface area contributed by atoms with Gasteiger partial charge >= 0.3 is 0 Å². The van der Waals surface area contributed by atoms with Crippen molar-refractivity contribution in [2.24, 2.45) is 0 Å². The van der Waals surface area contributed by atoms with E-state index in [0.29, 0.717) is 47.7 Å². The molecule has 1 aromatic heterocycles. The minimum absolute atomic E-state index is 0.207. The Morgan fingerprint density at radius 2 is 1.68 bits per heavy atom. The van der Waals surface area contributed by atoms with Crippen molar-refractivity contribution in [3.05, 3.63) is 64.9 Å². The number of nitrogens with zero attached hydrogens (tertiary/aromatic N) is 1. The van der Waals surface area contributed by atoms with Crippen molar-refractivity contribution in [1.82, 2.24) is 0 Å². The molecule has 0 aliphatic carbocycles. The maximum Gasteiger partial charge on any atom is 0.231 e. The van der Waals surface area contributed by atoms with Gasteiger partial charge in [-0.3, -0.25) is 4.79 Å². The van der Waals surface area contributed by atoms with Crippen LogP contribution in [0.25, 0.3) is 11.3 Å². The maximum atomic E-state index is 13.4. The molecule has 2 heterocycles. The fourth-order valence-electron chi connectivity index (χ4n) is 3.94. The molecule has 2 aromatic carbocycles. The smallest absolute Gasteiger partial charge is 0.231 e. The van der Waals surface area contributed by atoms with E-state index in [1.54, 1.807) is 24.3 Å². The third-order valence-electron chi connectivity index (χ3n) is 5.72. The number of ether oxygens (including phenoxy) is 4. The Hall–Kier alpha value is -3.00. The van der Waals surface area contributed by atoms with E-state index in [1.165, 1.54) is 14.2 Å². The van der Waals surface area contributed by atoms with Gasteiger partial charge in [0, 0.05) is 30.9 Å². The lowest BCUT2D eigenvalue weighted by Gasteiger charge is -2.29. The van der Waals surface area contributed by atoms with E-state index < -0.39 is 6.10 Å². The number of carbonyl (C=O) groups excluding carboxylic acids is 1. The van der Waals surface area contributed by atoms with Crippen LogP contribution in [0.5, 0.6) is 11.5 Å². The van der Waals surface area contributed by atoms with Crippen molar-refractivity contribution in [3.8, 4) is 22.8 Å². The average molecular weight is 486 g/mol. The normalized spacial score (nSPS) is 14.6. The molecule has 1 fully saturated rings. The average Bonchev–Trinajstić information content (AvgIpc) is 3.38. The lowest BCUT2D eigenvalue weighted by Crippen LogP contribution is -2.36. The molecule has 0 amide bonds. The number of hydrogen-bond donors (Lipinski definition) is 0. The van der Waals surface area contributed by atoms with E-state index in [0.717, 1.165) is 24.3 Å². The van der Waals surface area contributed by atoms with E-state index in [1.807, 2.05) is 31.2 Å². The van der Waals surface area contributed by atoms with Gasteiger partial charge in [0.05, 0.1) is 27.4 Å². The molecule has 0 N–H and O–H groups in total. The van der Waals surface area contributed by atoms with Crippen LogP contribution in [0.2, 0.25) is 5.02 Å². The Bertz CT molecular complexity index is 1100. The Balaban J connectivity index is 1.57. The first-order valence-electron chi connectivity index (χ1n) is 11.2. The monoisotopic (exact) mass is 485 g/mol. The fraction of sp³-hybridized carbons (Fsp3) is 0.346. The zero-order valence-corrected chi connectivity index (χ0v) is 20.3. The summed E-state index contributed by atoms with van der Waals surface area (Å²) >= 11 is 6.27. The van der Waals surface area contributed by atoms with Crippen LogP contribution in [0, 0.1) is 0 Å². The highest BCUT2D eigenvalue weighted by molar-refractivity contribution is 6.33. The molecule has 1 saturated heterocycles. The van der Waals surface area contributed by atoms with Gasteiger partial charge in [0.1, 0.15) is 28.4 Å². The first-order valence-corrected chi connectivity index (χ1v) is 11.5. The zero-order valence-electron chi connectivity index (χ0n) is 19.5. The summed E-state index contributed by atoms with van der Waals surface area (Å²) in [5.41, 5.74) is 2.55. The van der Waals surface area contributed by atoms with Crippen molar-refractivity contribution < 1.29 is 28.2 Å². The molecular weight excluding hydrogens is 458 g/mol. The van der Waals surface area contributed by atoms with Gasteiger partial charge in [0.15, 0.2) is 5.76 Å². The predicted octanol–water partition coefficient (Wildman–Crippen LogP) is 5.41. The molecule has 3 aromatic rings. The summed E-state index contributed by atoms with van der Waals surface area (Å²) in [6.07, 6.45) is -0.767. The van der Waals surface area contributed by atoms with E-state index in [-0.39, 0.29) is 11.5 Å². The minimum atomic E-state index is -0.767. The van der Waals surface area contributed by atoms with Crippen LogP contribution in [-0.2, 0) is 9.47 Å². The Morgan fingerprint density at radius 3 is 2.26 bits per heavy atom. The first kappa shape index (κ1) is 24.1. The van der Waals surface area contributed by atoms with Crippen molar-refractivity contribution in [1.29, 1.82) is 0 Å². The number of methoxy groups -OCH3 is 2. The molecular formula is C26H28ClNO6. The maximum absolute atomic E-state index is 13.4. The van der Waals surface area contributed by atoms with E-state index in [2.05, 4.69) is 4.90 Å². The van der Waals surface area contributed by atoms with Gasteiger partial charge in [-0.1, -0.05) is 23.7 Å². The van der Waals surface area contributed by atoms with E-state index in [9.17, 15) is 4.79 Å². The number of furan rings is 1. The lowest BCUT2D eigenvalue weighted by molar-refractivity contribution is 0.0429. The van der Waals surface area contributed by atoms with Gasteiger partial charge in [-0.05, 0) is 48.9 Å². The molecule has 1 unspecified atom stereocenters. The van der Waals surface area contributed by atoms with Crippen molar-refractivity contribution in [2.75, 3.05) is 52.0 Å². The van der Waals surface area contributed by atoms with Gasteiger partial charge in [0.2, 0.25) is 5.78 Å². The summed E-state index contributed by atoms with van der Waals surface area (Å²) in [7, 11) is 3.05. The molecule has 0 radical (unpaired) electrons. The highest BCUT2D eigenvalue weighted by atomic mass is 35.5. The molecule has 180 valence electrons. The molecule has 0 spiro atoms. The number of ketones is 1. The third-order valence-corrected chi connectivity index (χ3v) is 6.10. The van der Waals surface area contributed by atoms with Crippen LogP contribution in [-0.4, -0.2) is 52.9 Å². The second-order valence-electron chi connectivity index (χ2n) is 7.75.